The van der Waals surface area contributed by atoms with Crippen molar-refractivity contribution in [2.75, 3.05) is 0 Å². The lowest BCUT2D eigenvalue weighted by molar-refractivity contribution is -0.387. The maximum atomic E-state index is 13.6. The van der Waals surface area contributed by atoms with E-state index in [9.17, 15) is 18.5 Å². The van der Waals surface area contributed by atoms with Gasteiger partial charge in [0.25, 0.3) is 15.7 Å². The van der Waals surface area contributed by atoms with Gasteiger partial charge in [-0.25, -0.2) is 17.4 Å². The van der Waals surface area contributed by atoms with Gasteiger partial charge in [0, 0.05) is 18.0 Å². The summed E-state index contributed by atoms with van der Waals surface area (Å²) in [7, 11) is -4.39. The second-order valence-corrected chi connectivity index (χ2v) is 9.77. The molecule has 0 saturated carbocycles. The van der Waals surface area contributed by atoms with E-state index in [1.807, 2.05) is 6.07 Å². The first-order valence-corrected chi connectivity index (χ1v) is 11.9. The topological polar surface area (TPSA) is 108 Å². The van der Waals surface area contributed by atoms with Gasteiger partial charge >= 0.3 is 0 Å². The summed E-state index contributed by atoms with van der Waals surface area (Å²) in [5.74, 6) is 0.331. The normalized spacial score (nSPS) is 11.7. The molecule has 0 bridgehead atoms. The van der Waals surface area contributed by atoms with Crippen LogP contribution in [0.1, 0.15) is 5.69 Å². The van der Waals surface area contributed by atoms with Gasteiger partial charge in [-0.05, 0) is 30.3 Å². The number of halogens is 2. The molecule has 0 fully saturated rings. The van der Waals surface area contributed by atoms with E-state index in [-0.39, 0.29) is 20.7 Å². The highest BCUT2D eigenvalue weighted by Crippen LogP contribution is 2.36. The van der Waals surface area contributed by atoms with Gasteiger partial charge in [-0.15, -0.1) is 0 Å². The molecule has 0 amide bonds. The van der Waals surface area contributed by atoms with Gasteiger partial charge in [-0.2, -0.15) is 0 Å². The molecule has 2 aromatic heterocycles. The number of nitrogens with zero attached hydrogens (tertiary/aromatic N) is 4. The van der Waals surface area contributed by atoms with Gasteiger partial charge in [0.05, 0.1) is 31.7 Å². The van der Waals surface area contributed by atoms with Crippen LogP contribution in [0, 0.1) is 10.1 Å². The molecule has 0 aliphatic carbocycles. The van der Waals surface area contributed by atoms with E-state index in [1.165, 1.54) is 30.3 Å². The quantitative estimate of drug-likeness (QED) is 0.206. The highest BCUT2D eigenvalue weighted by atomic mass is 35.5. The van der Waals surface area contributed by atoms with E-state index in [4.69, 9.17) is 23.2 Å². The van der Waals surface area contributed by atoms with E-state index in [1.54, 1.807) is 18.3 Å². The van der Waals surface area contributed by atoms with Gasteiger partial charge in [-0.1, -0.05) is 53.2 Å². The molecule has 0 saturated heterocycles. The lowest BCUT2D eigenvalue weighted by Crippen LogP contribution is -2.16. The van der Waals surface area contributed by atoms with E-state index in [2.05, 4.69) is 9.97 Å². The van der Waals surface area contributed by atoms with Gasteiger partial charge in [0.15, 0.2) is 10.1 Å². The fourth-order valence-corrected chi connectivity index (χ4v) is 6.00. The van der Waals surface area contributed by atoms with Crippen LogP contribution in [0.4, 0.5) is 5.69 Å². The van der Waals surface area contributed by atoms with Crippen LogP contribution >= 0.6 is 35.0 Å². The summed E-state index contributed by atoms with van der Waals surface area (Å²) in [4.78, 5) is 18.9. The molecule has 0 atom stereocenters. The SMILES string of the molecule is O=[N+]([O-])c1ccccc1S(=O)(=O)n1c(SCc2ccccn2)nc2cc(Cl)c(Cl)cc21. The van der Waals surface area contributed by atoms with E-state index in [0.29, 0.717) is 17.0 Å². The molecule has 4 aromatic rings. The minimum atomic E-state index is -4.39. The predicted octanol–water partition coefficient (Wildman–Crippen LogP) is 5.18. The Morgan fingerprint density at radius 1 is 1.06 bits per heavy atom. The van der Waals surface area contributed by atoms with Gasteiger partial charge in [-0.3, -0.25) is 15.1 Å². The number of benzene rings is 2. The monoisotopic (exact) mass is 494 g/mol. The van der Waals surface area contributed by atoms with Crippen LogP contribution in [0.25, 0.3) is 11.0 Å². The Morgan fingerprint density at radius 3 is 2.48 bits per heavy atom. The number of pyridine rings is 1. The Morgan fingerprint density at radius 2 is 1.77 bits per heavy atom. The van der Waals surface area contributed by atoms with Crippen LogP contribution in [0.3, 0.4) is 0 Å². The lowest BCUT2D eigenvalue weighted by Gasteiger charge is -2.11. The van der Waals surface area contributed by atoms with Crippen molar-refractivity contribution in [2.45, 2.75) is 15.8 Å². The van der Waals surface area contributed by atoms with Gasteiger partial charge in [0.2, 0.25) is 0 Å². The summed E-state index contributed by atoms with van der Waals surface area (Å²) >= 11 is 13.3. The Labute approximate surface area is 191 Å². The third-order valence-electron chi connectivity index (χ3n) is 4.28. The number of hydrogen-bond acceptors (Lipinski definition) is 7. The number of hydrogen-bond donors (Lipinski definition) is 0. The molecule has 0 radical (unpaired) electrons. The number of imidazole rings is 1. The average Bonchev–Trinajstić information content (AvgIpc) is 3.11. The molecule has 4 rings (SSSR count). The van der Waals surface area contributed by atoms with Gasteiger partial charge in [0.1, 0.15) is 0 Å². The zero-order valence-electron chi connectivity index (χ0n) is 15.5. The number of rotatable bonds is 6. The van der Waals surface area contributed by atoms with Crippen molar-refractivity contribution >= 4 is 61.7 Å². The molecule has 0 aliphatic heterocycles. The number of thioether (sulfide) groups is 1. The van der Waals surface area contributed by atoms with Crippen molar-refractivity contribution in [2.24, 2.45) is 0 Å². The van der Waals surface area contributed by atoms with Gasteiger partial charge < -0.3 is 0 Å². The zero-order valence-corrected chi connectivity index (χ0v) is 18.6. The minimum absolute atomic E-state index is 0.108. The highest BCUT2D eigenvalue weighted by molar-refractivity contribution is 7.99. The van der Waals surface area contributed by atoms with Crippen LogP contribution in [0.15, 0.2) is 70.8 Å². The molecular weight excluding hydrogens is 483 g/mol. The maximum absolute atomic E-state index is 13.6. The van der Waals surface area contributed by atoms with Crippen LogP contribution < -0.4 is 0 Å². The molecule has 31 heavy (non-hydrogen) atoms. The molecule has 0 unspecified atom stereocenters. The third kappa shape index (κ3) is 4.11. The van der Waals surface area contributed by atoms with Crippen molar-refractivity contribution in [3.63, 3.8) is 0 Å². The second kappa shape index (κ2) is 8.46. The first-order chi connectivity index (χ1) is 14.8. The standard InChI is InChI=1S/C19H12Cl2N4O4S2/c20-13-9-15-17(10-14(13)21)24(19(23-15)30-11-12-5-3-4-8-22-12)31(28,29)18-7-2-1-6-16(18)25(26)27/h1-10H,11H2. The van der Waals surface area contributed by atoms with Crippen LogP contribution in [0.2, 0.25) is 10.0 Å². The Hall–Kier alpha value is -2.66. The molecule has 2 aromatic carbocycles. The molecule has 0 N–H and O–H groups in total. The smallest absolute Gasteiger partial charge is 0.260 e. The molecule has 2 heterocycles. The van der Waals surface area contributed by atoms with E-state index in [0.717, 1.165) is 21.8 Å². The molecule has 158 valence electrons. The zero-order chi connectivity index (χ0) is 22.2. The third-order valence-corrected chi connectivity index (χ3v) is 7.84. The molecule has 8 nitrogen and oxygen atoms in total. The number of aromatic nitrogens is 3. The summed E-state index contributed by atoms with van der Waals surface area (Å²) in [6.45, 7) is 0. The first-order valence-electron chi connectivity index (χ1n) is 8.68. The van der Waals surface area contributed by atoms with Crippen molar-refractivity contribution in [3.05, 3.63) is 86.6 Å². The molecular formula is C19H12Cl2N4O4S2. The summed E-state index contributed by atoms with van der Waals surface area (Å²) in [5.41, 5.74) is 0.631. The summed E-state index contributed by atoms with van der Waals surface area (Å²) in [6.07, 6.45) is 1.63. The summed E-state index contributed by atoms with van der Waals surface area (Å²) < 4.78 is 28.1. The fraction of sp³-hybridized carbons (Fsp3) is 0.0526. The number of para-hydroxylation sites is 1. The van der Waals surface area contributed by atoms with Crippen molar-refractivity contribution in [1.82, 2.24) is 13.9 Å². The number of nitro groups is 1. The maximum Gasteiger partial charge on any atom is 0.289 e. The lowest BCUT2D eigenvalue weighted by atomic mass is 10.3. The number of nitro benzene ring substituents is 1. The second-order valence-electron chi connectivity index (χ2n) is 6.25. The van der Waals surface area contributed by atoms with E-state index < -0.39 is 25.5 Å². The molecule has 0 spiro atoms. The van der Waals surface area contributed by atoms with Crippen molar-refractivity contribution in [1.29, 1.82) is 0 Å². The van der Waals surface area contributed by atoms with E-state index >= 15 is 0 Å². The Bertz CT molecular complexity index is 1410. The summed E-state index contributed by atoms with van der Waals surface area (Å²) in [5, 5.41) is 11.9. The first kappa shape index (κ1) is 21.6. The van der Waals surface area contributed by atoms with Crippen molar-refractivity contribution < 1.29 is 13.3 Å². The predicted molar refractivity (Wildman–Crippen MR) is 119 cm³/mol. The average molecular weight is 495 g/mol. The fourth-order valence-electron chi connectivity index (χ4n) is 2.90. The Balaban J connectivity index is 1.93. The molecule has 0 aliphatic rings. The molecule has 12 heteroatoms. The minimum Gasteiger partial charge on any atom is -0.260 e. The summed E-state index contributed by atoms with van der Waals surface area (Å²) in [6, 6.07) is 13.4. The number of fused-ring (bicyclic) bond motifs is 1. The highest BCUT2D eigenvalue weighted by Gasteiger charge is 2.31. The van der Waals surface area contributed by atoms with Crippen molar-refractivity contribution in [3.8, 4) is 0 Å². The largest absolute Gasteiger partial charge is 0.289 e. The van der Waals surface area contributed by atoms with Crippen LogP contribution in [-0.4, -0.2) is 27.3 Å². The van der Waals surface area contributed by atoms with Crippen LogP contribution in [-0.2, 0) is 15.8 Å². The van der Waals surface area contributed by atoms with Crippen LogP contribution in [0.5, 0.6) is 0 Å². The Kier molecular flexibility index (Phi) is 5.89.